The monoisotopic (exact) mass is 374 g/mol. The van der Waals surface area contributed by atoms with E-state index in [4.69, 9.17) is 4.42 Å². The van der Waals surface area contributed by atoms with Crippen LogP contribution in [0.2, 0.25) is 0 Å². The molecule has 0 bridgehead atoms. The fourth-order valence-electron chi connectivity index (χ4n) is 2.99. The number of hydrogen-bond acceptors (Lipinski definition) is 8. The molecule has 0 spiro atoms. The van der Waals surface area contributed by atoms with Crippen molar-refractivity contribution in [2.75, 3.05) is 5.43 Å². The van der Waals surface area contributed by atoms with E-state index in [1.165, 1.54) is 6.07 Å². The summed E-state index contributed by atoms with van der Waals surface area (Å²) in [4.78, 5) is 31.8. The van der Waals surface area contributed by atoms with E-state index in [0.29, 0.717) is 41.9 Å². The largest absolute Gasteiger partial charge is 0.475 e. The molecule has 11 heteroatoms. The summed E-state index contributed by atoms with van der Waals surface area (Å²) in [5.41, 5.74) is 3.20. The molecule has 0 saturated carbocycles. The number of aromatic carboxylic acids is 1. The summed E-state index contributed by atoms with van der Waals surface area (Å²) < 4.78 is 5.39. The van der Waals surface area contributed by atoms with Crippen molar-refractivity contribution >= 4 is 28.7 Å². The number of nitrogens with zero attached hydrogens (tertiary/aromatic N) is 3. The second-order valence-electron chi connectivity index (χ2n) is 5.90. The molecule has 0 saturated heterocycles. The number of fused-ring (bicyclic) bond motifs is 1. The molecule has 0 fully saturated rings. The van der Waals surface area contributed by atoms with E-state index >= 15 is 0 Å². The van der Waals surface area contributed by atoms with E-state index in [0.717, 1.165) is 12.1 Å². The summed E-state index contributed by atoms with van der Waals surface area (Å²) in [6, 6.07) is 3.18. The maximum absolute atomic E-state index is 11.3. The van der Waals surface area contributed by atoms with E-state index in [9.17, 15) is 30.1 Å². The van der Waals surface area contributed by atoms with E-state index < -0.39 is 27.2 Å². The Hall–Kier alpha value is -3.76. The Bertz CT molecular complexity index is 993. The van der Waals surface area contributed by atoms with Crippen LogP contribution in [0.15, 0.2) is 27.7 Å². The Morgan fingerprint density at radius 1 is 1.26 bits per heavy atom. The van der Waals surface area contributed by atoms with Gasteiger partial charge in [0.05, 0.1) is 21.6 Å². The minimum atomic E-state index is -1.18. The number of non-ortho nitro benzene ring substituents is 1. The predicted octanol–water partition coefficient (Wildman–Crippen LogP) is 3.26. The van der Waals surface area contributed by atoms with Crippen LogP contribution in [0.4, 0.5) is 17.1 Å². The van der Waals surface area contributed by atoms with Crippen molar-refractivity contribution in [1.82, 2.24) is 0 Å². The van der Waals surface area contributed by atoms with Crippen molar-refractivity contribution in [1.29, 1.82) is 0 Å². The summed E-state index contributed by atoms with van der Waals surface area (Å²) in [6.07, 6.45) is 1.78. The van der Waals surface area contributed by atoms with Gasteiger partial charge < -0.3 is 9.52 Å². The molecule has 2 aromatic rings. The molecule has 0 atom stereocenters. The number of carboxylic acid groups (broad SMARTS) is 1. The molecule has 1 aliphatic rings. The van der Waals surface area contributed by atoms with Crippen LogP contribution in [-0.2, 0) is 6.42 Å². The second-order valence-corrected chi connectivity index (χ2v) is 5.90. The van der Waals surface area contributed by atoms with Crippen molar-refractivity contribution < 1.29 is 24.2 Å². The Labute approximate surface area is 151 Å². The zero-order valence-electron chi connectivity index (χ0n) is 14.1. The van der Waals surface area contributed by atoms with Crippen molar-refractivity contribution in [2.45, 2.75) is 26.2 Å². The molecular weight excluding hydrogens is 360 g/mol. The van der Waals surface area contributed by atoms with Crippen molar-refractivity contribution in [3.63, 3.8) is 0 Å². The lowest BCUT2D eigenvalue weighted by atomic mass is 9.93. The number of nitro benzene ring substituents is 2. The average Bonchev–Trinajstić information content (AvgIpc) is 2.97. The van der Waals surface area contributed by atoms with Crippen LogP contribution in [0.1, 0.15) is 40.3 Å². The van der Waals surface area contributed by atoms with Crippen LogP contribution in [0, 0.1) is 27.2 Å². The summed E-state index contributed by atoms with van der Waals surface area (Å²) in [6.45, 7) is 1.61. The van der Waals surface area contributed by atoms with E-state index in [2.05, 4.69) is 10.5 Å². The van der Waals surface area contributed by atoms with Crippen LogP contribution >= 0.6 is 0 Å². The van der Waals surface area contributed by atoms with Gasteiger partial charge >= 0.3 is 11.7 Å². The highest BCUT2D eigenvalue weighted by Crippen LogP contribution is 2.32. The van der Waals surface area contributed by atoms with E-state index in [-0.39, 0.29) is 11.4 Å². The van der Waals surface area contributed by atoms with Gasteiger partial charge in [0.15, 0.2) is 0 Å². The summed E-state index contributed by atoms with van der Waals surface area (Å²) in [5, 5.41) is 35.4. The quantitative estimate of drug-likeness (QED) is 0.595. The summed E-state index contributed by atoms with van der Waals surface area (Å²) in [5.74, 6) is -0.828. The lowest BCUT2D eigenvalue weighted by molar-refractivity contribution is -0.393. The number of hydrogen-bond donors (Lipinski definition) is 2. The number of carbonyl (C=O) groups is 1. The topological polar surface area (TPSA) is 161 Å². The normalized spacial score (nSPS) is 14.6. The van der Waals surface area contributed by atoms with Gasteiger partial charge in [0, 0.05) is 23.6 Å². The molecule has 0 aliphatic heterocycles. The van der Waals surface area contributed by atoms with Crippen LogP contribution < -0.4 is 5.43 Å². The lowest BCUT2D eigenvalue weighted by Gasteiger charge is -2.13. The maximum atomic E-state index is 11.3. The van der Waals surface area contributed by atoms with Crippen LogP contribution in [0.3, 0.4) is 0 Å². The molecule has 1 aliphatic carbocycles. The lowest BCUT2D eigenvalue weighted by Crippen LogP contribution is -2.13. The number of furan rings is 1. The highest BCUT2D eigenvalue weighted by molar-refractivity contribution is 6.06. The molecule has 0 amide bonds. The highest BCUT2D eigenvalue weighted by atomic mass is 16.6. The molecule has 140 valence electrons. The Kier molecular flexibility index (Phi) is 4.59. The molecular formula is C16H14N4O7. The Morgan fingerprint density at radius 2 is 2.00 bits per heavy atom. The molecule has 0 radical (unpaired) electrons. The molecule has 0 unspecified atom stereocenters. The number of rotatable bonds is 5. The van der Waals surface area contributed by atoms with Gasteiger partial charge in [-0.25, -0.2) is 4.79 Å². The first kappa shape index (κ1) is 18.0. The van der Waals surface area contributed by atoms with Crippen LogP contribution in [0.5, 0.6) is 0 Å². The minimum Gasteiger partial charge on any atom is -0.475 e. The standard InChI is InChI=1S/C16H14N4O7/c1-8-14-11(3-2-4-13(14)27-15(8)16(21)22)18-17-10-6-5-9(19(23)24)7-12(10)20(25)26/h5-7,17H,2-4H2,1H3,(H,21,22)/b18-11+. The number of nitrogens with one attached hydrogen (secondary N) is 1. The third-order valence-electron chi connectivity index (χ3n) is 4.22. The summed E-state index contributed by atoms with van der Waals surface area (Å²) in [7, 11) is 0. The van der Waals surface area contributed by atoms with E-state index in [1.807, 2.05) is 0 Å². The number of benzene rings is 1. The van der Waals surface area contributed by atoms with Crippen molar-refractivity contribution in [2.24, 2.45) is 5.10 Å². The third kappa shape index (κ3) is 3.34. The smallest absolute Gasteiger partial charge is 0.372 e. The zero-order chi connectivity index (χ0) is 19.7. The van der Waals surface area contributed by atoms with Gasteiger partial charge in [0.1, 0.15) is 11.4 Å². The summed E-state index contributed by atoms with van der Waals surface area (Å²) >= 11 is 0. The average molecular weight is 374 g/mol. The van der Waals surface area contributed by atoms with Gasteiger partial charge in [-0.1, -0.05) is 0 Å². The molecule has 2 N–H and O–H groups in total. The number of hydrazone groups is 1. The van der Waals surface area contributed by atoms with Gasteiger partial charge in [-0.3, -0.25) is 25.7 Å². The van der Waals surface area contributed by atoms with Gasteiger partial charge in [0.25, 0.3) is 5.69 Å². The Morgan fingerprint density at radius 3 is 2.63 bits per heavy atom. The molecule has 3 rings (SSSR count). The first-order valence-electron chi connectivity index (χ1n) is 7.91. The third-order valence-corrected chi connectivity index (χ3v) is 4.22. The number of nitro groups is 2. The molecule has 1 aromatic heterocycles. The van der Waals surface area contributed by atoms with Gasteiger partial charge in [-0.05, 0) is 25.8 Å². The highest BCUT2D eigenvalue weighted by Gasteiger charge is 2.28. The van der Waals surface area contributed by atoms with Crippen LogP contribution in [0.25, 0.3) is 0 Å². The number of aryl methyl sites for hydroxylation is 1. The zero-order valence-corrected chi connectivity index (χ0v) is 14.1. The minimum absolute atomic E-state index is 0.00942. The first-order valence-corrected chi connectivity index (χ1v) is 7.91. The molecule has 27 heavy (non-hydrogen) atoms. The van der Waals surface area contributed by atoms with Gasteiger partial charge in [-0.15, -0.1) is 0 Å². The number of anilines is 1. The SMILES string of the molecule is Cc1c(C(=O)O)oc2c1/C(=N/Nc1ccc([N+](=O)[O-])cc1[N+](=O)[O-])CCC2. The molecule has 11 nitrogen and oxygen atoms in total. The van der Waals surface area contributed by atoms with Gasteiger partial charge in [-0.2, -0.15) is 5.10 Å². The fraction of sp³-hybridized carbons (Fsp3) is 0.250. The van der Waals surface area contributed by atoms with Crippen molar-refractivity contribution in [3.8, 4) is 0 Å². The molecule has 1 aromatic carbocycles. The van der Waals surface area contributed by atoms with Gasteiger partial charge in [0.2, 0.25) is 5.76 Å². The molecule has 1 heterocycles. The predicted molar refractivity (Wildman–Crippen MR) is 93.3 cm³/mol. The second kappa shape index (κ2) is 6.86. The first-order chi connectivity index (χ1) is 12.8. The van der Waals surface area contributed by atoms with E-state index in [1.54, 1.807) is 6.92 Å². The maximum Gasteiger partial charge on any atom is 0.372 e. The van der Waals surface area contributed by atoms with Crippen LogP contribution in [-0.4, -0.2) is 26.6 Å². The van der Waals surface area contributed by atoms with Crippen molar-refractivity contribution in [3.05, 3.63) is 61.1 Å². The Balaban J connectivity index is 1.98. The number of carboxylic acids is 1. The fourth-order valence-corrected chi connectivity index (χ4v) is 2.99.